The molecule has 0 saturated carbocycles. The van der Waals surface area contributed by atoms with Crippen molar-refractivity contribution in [2.45, 2.75) is 6.42 Å². The lowest BCUT2D eigenvalue weighted by molar-refractivity contribution is 0.252. The molecule has 2 aromatic rings. The van der Waals surface area contributed by atoms with Gasteiger partial charge in [0.1, 0.15) is 0 Å². The van der Waals surface area contributed by atoms with Crippen molar-refractivity contribution in [3.8, 4) is 11.5 Å². The summed E-state index contributed by atoms with van der Waals surface area (Å²) in [5.74, 6) is 1.34. The monoisotopic (exact) mass is 335 g/mol. The summed E-state index contributed by atoms with van der Waals surface area (Å²) in [5.41, 5.74) is 1.50. The van der Waals surface area contributed by atoms with E-state index >= 15 is 0 Å². The number of hydrogen-bond acceptors (Lipinski definition) is 4. The number of benzene rings is 1. The van der Waals surface area contributed by atoms with Gasteiger partial charge in [-0.25, -0.2) is 9.78 Å². The summed E-state index contributed by atoms with van der Waals surface area (Å²) >= 11 is 5.88. The van der Waals surface area contributed by atoms with Crippen LogP contribution in [0, 0.1) is 0 Å². The van der Waals surface area contributed by atoms with Gasteiger partial charge in [0.15, 0.2) is 16.7 Å². The van der Waals surface area contributed by atoms with Gasteiger partial charge in [-0.2, -0.15) is 0 Å². The number of anilines is 1. The van der Waals surface area contributed by atoms with Gasteiger partial charge >= 0.3 is 6.03 Å². The molecule has 6 nitrogen and oxygen atoms in total. The molecule has 0 aliphatic carbocycles. The van der Waals surface area contributed by atoms with Crippen molar-refractivity contribution in [2.24, 2.45) is 0 Å². The molecule has 2 N–H and O–H groups in total. The van der Waals surface area contributed by atoms with Gasteiger partial charge in [0.25, 0.3) is 0 Å². The number of carbonyl (C=O) groups is 1. The maximum absolute atomic E-state index is 11.8. The van der Waals surface area contributed by atoms with Crippen LogP contribution >= 0.6 is 11.6 Å². The lowest BCUT2D eigenvalue weighted by Gasteiger charge is -2.11. The smallest absolute Gasteiger partial charge is 0.319 e. The van der Waals surface area contributed by atoms with Crippen molar-refractivity contribution in [1.82, 2.24) is 10.3 Å². The second-order valence-electron chi connectivity index (χ2n) is 4.66. The quantitative estimate of drug-likeness (QED) is 0.796. The second-order valence-corrected chi connectivity index (χ2v) is 5.02. The highest BCUT2D eigenvalue weighted by atomic mass is 35.5. The number of aromatic nitrogens is 1. The average molecular weight is 336 g/mol. The van der Waals surface area contributed by atoms with Crippen LogP contribution in [-0.2, 0) is 6.42 Å². The zero-order chi connectivity index (χ0) is 16.7. The number of amides is 2. The van der Waals surface area contributed by atoms with Crippen LogP contribution in [0.5, 0.6) is 11.5 Å². The molecule has 0 saturated heterocycles. The van der Waals surface area contributed by atoms with E-state index in [9.17, 15) is 4.79 Å². The molecule has 2 rings (SSSR count). The summed E-state index contributed by atoms with van der Waals surface area (Å²) in [6.45, 7) is 0.471. The Balaban J connectivity index is 1.85. The minimum absolute atomic E-state index is 0.252. The summed E-state index contributed by atoms with van der Waals surface area (Å²) in [4.78, 5) is 15.7. The Morgan fingerprint density at radius 3 is 2.70 bits per heavy atom. The summed E-state index contributed by atoms with van der Waals surface area (Å²) in [6.07, 6.45) is 2.22. The molecule has 0 aliphatic heterocycles. The fraction of sp³-hybridized carbons (Fsp3) is 0.250. The highest BCUT2D eigenvalue weighted by Gasteiger charge is 2.07. The zero-order valence-corrected chi connectivity index (χ0v) is 13.7. The van der Waals surface area contributed by atoms with Crippen LogP contribution in [0.1, 0.15) is 5.56 Å². The number of rotatable bonds is 6. The first kappa shape index (κ1) is 16.9. The van der Waals surface area contributed by atoms with Crippen LogP contribution in [0.25, 0.3) is 0 Å². The maximum atomic E-state index is 11.8. The Labute approximate surface area is 139 Å². The fourth-order valence-electron chi connectivity index (χ4n) is 2.00. The Morgan fingerprint density at radius 2 is 2.00 bits per heavy atom. The first-order chi connectivity index (χ1) is 11.1. The Kier molecular flexibility index (Phi) is 6.05. The molecule has 0 spiro atoms. The van der Waals surface area contributed by atoms with E-state index in [2.05, 4.69) is 15.6 Å². The second kappa shape index (κ2) is 8.24. The van der Waals surface area contributed by atoms with Gasteiger partial charge in [0, 0.05) is 12.7 Å². The largest absolute Gasteiger partial charge is 0.493 e. The molecule has 1 aromatic carbocycles. The third-order valence-electron chi connectivity index (χ3n) is 3.15. The number of nitrogens with zero attached hydrogens (tertiary/aromatic N) is 1. The van der Waals surface area contributed by atoms with Crippen molar-refractivity contribution in [3.05, 3.63) is 47.2 Å². The molecule has 0 unspecified atom stereocenters. The molecule has 1 aromatic heterocycles. The topological polar surface area (TPSA) is 72.5 Å². The number of halogens is 1. The van der Waals surface area contributed by atoms with Crippen molar-refractivity contribution < 1.29 is 14.3 Å². The first-order valence-corrected chi connectivity index (χ1v) is 7.38. The zero-order valence-electron chi connectivity index (χ0n) is 12.9. The van der Waals surface area contributed by atoms with E-state index in [0.717, 1.165) is 5.56 Å². The molecule has 122 valence electrons. The summed E-state index contributed by atoms with van der Waals surface area (Å²) in [6, 6.07) is 8.70. The van der Waals surface area contributed by atoms with Crippen LogP contribution in [-0.4, -0.2) is 31.8 Å². The molecule has 0 atom stereocenters. The fourth-order valence-corrected chi connectivity index (χ4v) is 2.17. The minimum atomic E-state index is -0.333. The van der Waals surface area contributed by atoms with E-state index in [-0.39, 0.29) is 11.2 Å². The summed E-state index contributed by atoms with van der Waals surface area (Å²) in [5, 5.41) is 5.66. The Bertz CT molecular complexity index is 679. The molecule has 23 heavy (non-hydrogen) atoms. The van der Waals surface area contributed by atoms with E-state index in [1.54, 1.807) is 32.5 Å². The predicted molar refractivity (Wildman–Crippen MR) is 89.5 cm³/mol. The van der Waals surface area contributed by atoms with E-state index < -0.39 is 0 Å². The van der Waals surface area contributed by atoms with E-state index in [0.29, 0.717) is 30.2 Å². The van der Waals surface area contributed by atoms with Crippen LogP contribution < -0.4 is 20.1 Å². The van der Waals surface area contributed by atoms with Gasteiger partial charge in [-0.05, 0) is 36.2 Å². The number of ether oxygens (including phenoxy) is 2. The number of urea groups is 1. The molecule has 0 radical (unpaired) electrons. The van der Waals surface area contributed by atoms with Crippen molar-refractivity contribution in [1.29, 1.82) is 0 Å². The average Bonchev–Trinajstić information content (AvgIpc) is 2.56. The van der Waals surface area contributed by atoms with Crippen molar-refractivity contribution >= 4 is 23.3 Å². The molecule has 7 heteroatoms. The SMILES string of the molecule is COc1ccc(CCNC(=O)Nc2cccnc2Cl)cc1OC. The number of hydrogen-bond donors (Lipinski definition) is 2. The van der Waals surface area contributed by atoms with E-state index in [1.807, 2.05) is 18.2 Å². The third-order valence-corrected chi connectivity index (χ3v) is 3.46. The van der Waals surface area contributed by atoms with Crippen molar-refractivity contribution in [3.63, 3.8) is 0 Å². The predicted octanol–water partition coefficient (Wildman–Crippen LogP) is 3.12. The Hall–Kier alpha value is -2.47. The molecule has 0 bridgehead atoms. The van der Waals surface area contributed by atoms with Gasteiger partial charge in [0.05, 0.1) is 19.9 Å². The van der Waals surface area contributed by atoms with E-state index in [4.69, 9.17) is 21.1 Å². The first-order valence-electron chi connectivity index (χ1n) is 7.00. The summed E-state index contributed by atoms with van der Waals surface area (Å²) < 4.78 is 10.4. The normalized spacial score (nSPS) is 10.0. The molecular weight excluding hydrogens is 318 g/mol. The number of nitrogens with one attached hydrogen (secondary N) is 2. The lowest BCUT2D eigenvalue weighted by Crippen LogP contribution is -2.30. The van der Waals surface area contributed by atoms with Gasteiger partial charge in [-0.15, -0.1) is 0 Å². The van der Waals surface area contributed by atoms with Gasteiger partial charge in [0.2, 0.25) is 0 Å². The number of carbonyl (C=O) groups excluding carboxylic acids is 1. The molecule has 2 amide bonds. The number of pyridine rings is 1. The lowest BCUT2D eigenvalue weighted by atomic mass is 10.1. The highest BCUT2D eigenvalue weighted by Crippen LogP contribution is 2.27. The molecule has 1 heterocycles. The highest BCUT2D eigenvalue weighted by molar-refractivity contribution is 6.32. The summed E-state index contributed by atoms with van der Waals surface area (Å²) in [7, 11) is 3.18. The van der Waals surface area contributed by atoms with Crippen LogP contribution in [0.15, 0.2) is 36.5 Å². The van der Waals surface area contributed by atoms with E-state index in [1.165, 1.54) is 0 Å². The Morgan fingerprint density at radius 1 is 1.22 bits per heavy atom. The van der Waals surface area contributed by atoms with Crippen LogP contribution in [0.4, 0.5) is 10.5 Å². The minimum Gasteiger partial charge on any atom is -0.493 e. The molecule has 0 aliphatic rings. The van der Waals surface area contributed by atoms with Crippen LogP contribution in [0.3, 0.4) is 0 Å². The van der Waals surface area contributed by atoms with Gasteiger partial charge in [-0.3, -0.25) is 0 Å². The van der Waals surface area contributed by atoms with Crippen LogP contribution in [0.2, 0.25) is 5.15 Å². The molecular formula is C16H18ClN3O3. The van der Waals surface area contributed by atoms with Crippen molar-refractivity contribution in [2.75, 3.05) is 26.1 Å². The molecule has 0 fully saturated rings. The van der Waals surface area contributed by atoms with Gasteiger partial charge < -0.3 is 20.1 Å². The van der Waals surface area contributed by atoms with Gasteiger partial charge in [-0.1, -0.05) is 17.7 Å². The maximum Gasteiger partial charge on any atom is 0.319 e. The third kappa shape index (κ3) is 4.75. The standard InChI is InChI=1S/C16H18ClN3O3/c1-22-13-6-5-11(10-14(13)23-2)7-9-19-16(21)20-12-4-3-8-18-15(12)17/h3-6,8,10H,7,9H2,1-2H3,(H2,19,20,21). The number of methoxy groups -OCH3 is 2.